The molecule has 0 nitrogen and oxygen atoms in total. The van der Waals surface area contributed by atoms with E-state index in [4.69, 9.17) is 0 Å². The molecule has 0 heterocycles. The number of rotatable bonds is 9. The maximum atomic E-state index is 12.6. The summed E-state index contributed by atoms with van der Waals surface area (Å²) in [5.74, 6) is 1.05. The summed E-state index contributed by atoms with van der Waals surface area (Å²) in [5, 5.41) is 0. The molecule has 1 heteroatoms. The number of halogens is 1. The number of alkyl halides is 1. The van der Waals surface area contributed by atoms with Crippen molar-refractivity contribution in [3.05, 3.63) is 0 Å². The van der Waals surface area contributed by atoms with Gasteiger partial charge in [0.15, 0.2) is 0 Å². The van der Waals surface area contributed by atoms with Gasteiger partial charge in [-0.3, -0.25) is 4.39 Å². The molecular formula is C13H27F. The lowest BCUT2D eigenvalue weighted by molar-refractivity contribution is 0.279. The molecule has 0 N–H and O–H groups in total. The van der Waals surface area contributed by atoms with Crippen molar-refractivity contribution in [1.82, 2.24) is 0 Å². The summed E-state index contributed by atoms with van der Waals surface area (Å²) < 4.78 is 12.6. The van der Waals surface area contributed by atoms with Gasteiger partial charge in [-0.05, 0) is 24.7 Å². The molecule has 0 spiro atoms. The predicted octanol–water partition coefficient (Wildman–Crippen LogP) is 4.98. The monoisotopic (exact) mass is 202 g/mol. The summed E-state index contributed by atoms with van der Waals surface area (Å²) in [7, 11) is 0. The molecule has 86 valence electrons. The van der Waals surface area contributed by atoms with Crippen LogP contribution >= 0.6 is 0 Å². The molecule has 0 aromatic carbocycles. The van der Waals surface area contributed by atoms with E-state index in [1.165, 1.54) is 25.7 Å². The summed E-state index contributed by atoms with van der Waals surface area (Å²) in [6.07, 6.45) is 8.50. The minimum Gasteiger partial charge on any atom is -0.251 e. The maximum absolute atomic E-state index is 12.6. The van der Waals surface area contributed by atoms with Crippen molar-refractivity contribution < 1.29 is 4.39 Å². The van der Waals surface area contributed by atoms with E-state index in [-0.39, 0.29) is 6.67 Å². The smallest absolute Gasteiger partial charge is 0.0922 e. The van der Waals surface area contributed by atoms with E-state index in [1.807, 2.05) is 0 Å². The Labute approximate surface area is 89.3 Å². The van der Waals surface area contributed by atoms with E-state index in [1.54, 1.807) is 0 Å². The van der Waals surface area contributed by atoms with E-state index < -0.39 is 0 Å². The van der Waals surface area contributed by atoms with Gasteiger partial charge >= 0.3 is 0 Å². The van der Waals surface area contributed by atoms with Gasteiger partial charge in [0.1, 0.15) is 0 Å². The second-order valence-corrected chi connectivity index (χ2v) is 4.65. The third kappa shape index (κ3) is 7.34. The Morgan fingerprint density at radius 3 is 2.21 bits per heavy atom. The van der Waals surface area contributed by atoms with Crippen LogP contribution in [0.5, 0.6) is 0 Å². The summed E-state index contributed by atoms with van der Waals surface area (Å²) in [6, 6.07) is 0. The third-order valence-corrected chi connectivity index (χ3v) is 2.95. The summed E-state index contributed by atoms with van der Waals surface area (Å²) in [4.78, 5) is 0. The van der Waals surface area contributed by atoms with Gasteiger partial charge in [0, 0.05) is 0 Å². The van der Waals surface area contributed by atoms with E-state index in [9.17, 15) is 4.39 Å². The van der Waals surface area contributed by atoms with Crippen LogP contribution in [-0.4, -0.2) is 6.67 Å². The van der Waals surface area contributed by atoms with Crippen molar-refractivity contribution in [3.63, 3.8) is 0 Å². The molecule has 0 saturated carbocycles. The molecule has 0 rings (SSSR count). The largest absolute Gasteiger partial charge is 0.251 e. The van der Waals surface area contributed by atoms with E-state index >= 15 is 0 Å². The van der Waals surface area contributed by atoms with E-state index in [2.05, 4.69) is 20.8 Å². The normalized spacial score (nSPS) is 15.4. The highest BCUT2D eigenvalue weighted by molar-refractivity contribution is 4.63. The Balaban J connectivity index is 3.51. The zero-order valence-corrected chi connectivity index (χ0v) is 10.2. The minimum atomic E-state index is -0.119. The van der Waals surface area contributed by atoms with Gasteiger partial charge in [-0.2, -0.15) is 0 Å². The van der Waals surface area contributed by atoms with Crippen LogP contribution in [0.3, 0.4) is 0 Å². The zero-order chi connectivity index (χ0) is 10.8. The van der Waals surface area contributed by atoms with Gasteiger partial charge in [-0.1, -0.05) is 52.9 Å². The van der Waals surface area contributed by atoms with Crippen LogP contribution in [0.25, 0.3) is 0 Å². The molecule has 0 radical (unpaired) electrons. The summed E-state index contributed by atoms with van der Waals surface area (Å²) >= 11 is 0. The fraction of sp³-hybridized carbons (Fsp3) is 1.00. The molecule has 0 saturated heterocycles. The molecule has 2 atom stereocenters. The van der Waals surface area contributed by atoms with Crippen molar-refractivity contribution in [3.8, 4) is 0 Å². The predicted molar refractivity (Wildman–Crippen MR) is 62.3 cm³/mol. The first kappa shape index (κ1) is 13.9. The molecule has 0 fully saturated rings. The topological polar surface area (TPSA) is 0 Å². The van der Waals surface area contributed by atoms with Gasteiger partial charge < -0.3 is 0 Å². The Morgan fingerprint density at radius 1 is 1.00 bits per heavy atom. The minimum absolute atomic E-state index is 0.119. The van der Waals surface area contributed by atoms with Gasteiger partial charge in [0.25, 0.3) is 0 Å². The van der Waals surface area contributed by atoms with Crippen molar-refractivity contribution in [2.75, 3.05) is 6.67 Å². The average Bonchev–Trinajstić information content (AvgIpc) is 2.17. The molecule has 0 aromatic rings. The Hall–Kier alpha value is -0.0700. The Bertz CT molecular complexity index is 112. The summed E-state index contributed by atoms with van der Waals surface area (Å²) in [6.45, 7) is 6.52. The number of hydrogen-bond acceptors (Lipinski definition) is 0. The molecule has 0 aliphatic heterocycles. The van der Waals surface area contributed by atoms with E-state index in [0.29, 0.717) is 11.8 Å². The number of unbranched alkanes of at least 4 members (excludes halogenated alkanes) is 2. The van der Waals surface area contributed by atoms with Crippen molar-refractivity contribution in [1.29, 1.82) is 0 Å². The fourth-order valence-electron chi connectivity index (χ4n) is 2.10. The van der Waals surface area contributed by atoms with Gasteiger partial charge in [0.05, 0.1) is 6.67 Å². The van der Waals surface area contributed by atoms with Crippen LogP contribution in [0.4, 0.5) is 4.39 Å². The molecular weight excluding hydrogens is 175 g/mol. The van der Waals surface area contributed by atoms with Gasteiger partial charge in [-0.25, -0.2) is 0 Å². The summed E-state index contributed by atoms with van der Waals surface area (Å²) in [5.41, 5.74) is 0. The second kappa shape index (κ2) is 9.48. The number of hydrogen-bond donors (Lipinski definition) is 0. The van der Waals surface area contributed by atoms with Crippen molar-refractivity contribution in [2.45, 2.75) is 65.7 Å². The molecule has 14 heavy (non-hydrogen) atoms. The first-order chi connectivity index (χ1) is 6.74. The fourth-order valence-corrected chi connectivity index (χ4v) is 2.10. The average molecular weight is 202 g/mol. The Morgan fingerprint density at radius 2 is 1.71 bits per heavy atom. The standard InChI is InChI=1S/C13H27F/c1-4-6-7-9-12(3)10-13(11-14)8-5-2/h12-13H,4-11H2,1-3H3. The second-order valence-electron chi connectivity index (χ2n) is 4.65. The lowest BCUT2D eigenvalue weighted by atomic mass is 9.90. The highest BCUT2D eigenvalue weighted by atomic mass is 19.1. The van der Waals surface area contributed by atoms with Crippen LogP contribution in [0.1, 0.15) is 65.7 Å². The molecule has 0 bridgehead atoms. The van der Waals surface area contributed by atoms with Crippen LogP contribution in [0.2, 0.25) is 0 Å². The van der Waals surface area contributed by atoms with Crippen LogP contribution in [-0.2, 0) is 0 Å². The highest BCUT2D eigenvalue weighted by Gasteiger charge is 2.11. The first-order valence-corrected chi connectivity index (χ1v) is 6.30. The molecule has 2 unspecified atom stereocenters. The van der Waals surface area contributed by atoms with Crippen LogP contribution in [0, 0.1) is 11.8 Å². The SMILES string of the molecule is CCCCCC(C)CC(CF)CCC. The van der Waals surface area contributed by atoms with Gasteiger partial charge in [-0.15, -0.1) is 0 Å². The van der Waals surface area contributed by atoms with Crippen molar-refractivity contribution >= 4 is 0 Å². The third-order valence-electron chi connectivity index (χ3n) is 2.95. The molecule has 0 aliphatic rings. The first-order valence-electron chi connectivity index (χ1n) is 6.30. The van der Waals surface area contributed by atoms with Crippen LogP contribution in [0.15, 0.2) is 0 Å². The van der Waals surface area contributed by atoms with Crippen LogP contribution < -0.4 is 0 Å². The lowest BCUT2D eigenvalue weighted by Crippen LogP contribution is -2.08. The molecule has 0 aliphatic carbocycles. The maximum Gasteiger partial charge on any atom is 0.0922 e. The van der Waals surface area contributed by atoms with E-state index in [0.717, 1.165) is 19.3 Å². The zero-order valence-electron chi connectivity index (χ0n) is 10.2. The quantitative estimate of drug-likeness (QED) is 0.463. The molecule has 0 amide bonds. The highest BCUT2D eigenvalue weighted by Crippen LogP contribution is 2.22. The Kier molecular flexibility index (Phi) is 9.44. The van der Waals surface area contributed by atoms with Gasteiger partial charge in [0.2, 0.25) is 0 Å². The molecule has 0 aromatic heterocycles. The van der Waals surface area contributed by atoms with Crippen molar-refractivity contribution in [2.24, 2.45) is 11.8 Å². The lowest BCUT2D eigenvalue weighted by Gasteiger charge is -2.17.